The molecule has 0 aliphatic rings. The fraction of sp³-hybridized carbons (Fsp3) is 0.316. The summed E-state index contributed by atoms with van der Waals surface area (Å²) in [6.07, 6.45) is 0. The molecule has 0 aliphatic heterocycles. The van der Waals surface area contributed by atoms with E-state index in [1.165, 1.54) is 0 Å². The molecule has 5 heteroatoms. The minimum Gasteiger partial charge on any atom is -0.313 e. The fourth-order valence-electron chi connectivity index (χ4n) is 2.33. The molecule has 0 atom stereocenters. The third kappa shape index (κ3) is 5.00. The molecule has 2 rings (SSSR count). The van der Waals surface area contributed by atoms with Crippen LogP contribution in [0.25, 0.3) is 0 Å². The third-order valence-electron chi connectivity index (χ3n) is 3.90. The van der Waals surface area contributed by atoms with Gasteiger partial charge in [0.05, 0.1) is 12.2 Å². The number of para-hydroxylation sites is 1. The van der Waals surface area contributed by atoms with Crippen LogP contribution in [-0.4, -0.2) is 37.5 Å². The van der Waals surface area contributed by atoms with Crippen LogP contribution in [0.1, 0.15) is 13.8 Å². The van der Waals surface area contributed by atoms with E-state index < -0.39 is 0 Å². The summed E-state index contributed by atoms with van der Waals surface area (Å²) in [6.45, 7) is 6.32. The SMILES string of the molecule is CCN(CC)CC(=O)N(C)c1ccccc1Sc1ccc(Cl)cc1. The molecule has 3 nitrogen and oxygen atoms in total. The number of amides is 1. The van der Waals surface area contributed by atoms with Gasteiger partial charge in [-0.25, -0.2) is 0 Å². The molecule has 24 heavy (non-hydrogen) atoms. The summed E-state index contributed by atoms with van der Waals surface area (Å²) in [5.74, 6) is 0.0999. The summed E-state index contributed by atoms with van der Waals surface area (Å²) in [6, 6.07) is 15.7. The second-order valence-electron chi connectivity index (χ2n) is 5.44. The topological polar surface area (TPSA) is 23.6 Å². The standard InChI is InChI=1S/C19H23ClN2OS/c1-4-22(5-2)14-19(23)21(3)17-8-6-7-9-18(17)24-16-12-10-15(20)11-13-16/h6-13H,4-5,14H2,1-3H3. The van der Waals surface area contributed by atoms with E-state index in [1.54, 1.807) is 16.7 Å². The second-order valence-corrected chi connectivity index (χ2v) is 6.99. The van der Waals surface area contributed by atoms with E-state index in [0.717, 1.165) is 33.6 Å². The average molecular weight is 363 g/mol. The van der Waals surface area contributed by atoms with E-state index in [0.29, 0.717) is 6.54 Å². The van der Waals surface area contributed by atoms with Crippen LogP contribution in [0.15, 0.2) is 58.3 Å². The van der Waals surface area contributed by atoms with Crippen LogP contribution in [0.5, 0.6) is 0 Å². The molecule has 2 aromatic carbocycles. The lowest BCUT2D eigenvalue weighted by molar-refractivity contribution is -0.119. The predicted molar refractivity (Wildman–Crippen MR) is 103 cm³/mol. The summed E-state index contributed by atoms with van der Waals surface area (Å²) in [7, 11) is 1.84. The summed E-state index contributed by atoms with van der Waals surface area (Å²) < 4.78 is 0. The van der Waals surface area contributed by atoms with Gasteiger partial charge in [0, 0.05) is 21.9 Å². The highest BCUT2D eigenvalue weighted by Crippen LogP contribution is 2.35. The van der Waals surface area contributed by atoms with Crippen molar-refractivity contribution < 1.29 is 4.79 Å². The van der Waals surface area contributed by atoms with E-state index in [2.05, 4.69) is 18.7 Å². The monoisotopic (exact) mass is 362 g/mol. The quantitative estimate of drug-likeness (QED) is 0.707. The Morgan fingerprint density at radius 2 is 1.67 bits per heavy atom. The van der Waals surface area contributed by atoms with Gasteiger partial charge in [0.2, 0.25) is 5.91 Å². The Morgan fingerprint density at radius 3 is 2.29 bits per heavy atom. The van der Waals surface area contributed by atoms with Gasteiger partial charge in [-0.05, 0) is 49.5 Å². The number of nitrogens with zero attached hydrogens (tertiary/aromatic N) is 2. The normalized spacial score (nSPS) is 10.9. The first-order chi connectivity index (χ1) is 11.5. The third-order valence-corrected chi connectivity index (χ3v) is 5.22. The lowest BCUT2D eigenvalue weighted by atomic mass is 10.3. The molecule has 0 heterocycles. The number of likely N-dealkylation sites (N-methyl/N-ethyl adjacent to an activating group) is 2. The van der Waals surface area contributed by atoms with Crippen molar-refractivity contribution in [3.05, 3.63) is 53.6 Å². The number of carbonyl (C=O) groups excluding carboxylic acids is 1. The predicted octanol–water partition coefficient (Wildman–Crippen LogP) is 4.80. The molecule has 0 saturated heterocycles. The molecule has 0 bridgehead atoms. The Balaban J connectivity index is 2.18. The van der Waals surface area contributed by atoms with Crippen LogP contribution >= 0.6 is 23.4 Å². The number of benzene rings is 2. The zero-order chi connectivity index (χ0) is 17.5. The van der Waals surface area contributed by atoms with Gasteiger partial charge in [0.15, 0.2) is 0 Å². The first kappa shape index (κ1) is 18.8. The molecule has 0 radical (unpaired) electrons. The van der Waals surface area contributed by atoms with Crippen LogP contribution in [0.3, 0.4) is 0 Å². The lowest BCUT2D eigenvalue weighted by Crippen LogP contribution is -2.38. The zero-order valence-corrected chi connectivity index (χ0v) is 15.9. The van der Waals surface area contributed by atoms with Crippen molar-refractivity contribution in [1.29, 1.82) is 0 Å². The van der Waals surface area contributed by atoms with Gasteiger partial charge < -0.3 is 4.90 Å². The molecule has 0 N–H and O–H groups in total. The number of anilines is 1. The van der Waals surface area contributed by atoms with Gasteiger partial charge in [-0.2, -0.15) is 0 Å². The number of hydrogen-bond acceptors (Lipinski definition) is 3. The molecule has 1 amide bonds. The number of rotatable bonds is 7. The summed E-state index contributed by atoms with van der Waals surface area (Å²) in [5, 5.41) is 0.721. The highest BCUT2D eigenvalue weighted by molar-refractivity contribution is 7.99. The zero-order valence-electron chi connectivity index (χ0n) is 14.3. The summed E-state index contributed by atoms with van der Waals surface area (Å²) in [5.41, 5.74) is 0.926. The van der Waals surface area contributed by atoms with E-state index in [1.807, 2.05) is 55.6 Å². The molecule has 2 aromatic rings. The average Bonchev–Trinajstić information content (AvgIpc) is 2.61. The Labute approximate surface area is 153 Å². The lowest BCUT2D eigenvalue weighted by Gasteiger charge is -2.24. The van der Waals surface area contributed by atoms with Crippen molar-refractivity contribution in [2.75, 3.05) is 31.6 Å². The van der Waals surface area contributed by atoms with Crippen molar-refractivity contribution in [2.24, 2.45) is 0 Å². The smallest absolute Gasteiger partial charge is 0.240 e. The first-order valence-electron chi connectivity index (χ1n) is 8.06. The largest absolute Gasteiger partial charge is 0.313 e. The van der Waals surface area contributed by atoms with Gasteiger partial charge in [0.25, 0.3) is 0 Å². The highest BCUT2D eigenvalue weighted by atomic mass is 35.5. The maximum absolute atomic E-state index is 12.6. The van der Waals surface area contributed by atoms with Crippen LogP contribution in [0.4, 0.5) is 5.69 Å². The Hall–Kier alpha value is -1.49. The molecular weight excluding hydrogens is 340 g/mol. The van der Waals surface area contributed by atoms with Crippen molar-refractivity contribution in [2.45, 2.75) is 23.6 Å². The first-order valence-corrected chi connectivity index (χ1v) is 9.26. The number of halogens is 1. The Morgan fingerprint density at radius 1 is 1.04 bits per heavy atom. The maximum atomic E-state index is 12.6. The van der Waals surface area contributed by atoms with Gasteiger partial charge in [0.1, 0.15) is 0 Å². The number of hydrogen-bond donors (Lipinski definition) is 0. The molecule has 0 fully saturated rings. The minimum atomic E-state index is 0.0999. The van der Waals surface area contributed by atoms with Gasteiger partial charge in [-0.3, -0.25) is 9.69 Å². The van der Waals surface area contributed by atoms with Crippen molar-refractivity contribution >= 4 is 35.0 Å². The molecule has 0 aromatic heterocycles. The van der Waals surface area contributed by atoms with E-state index >= 15 is 0 Å². The Kier molecular flexibility index (Phi) is 7.16. The van der Waals surface area contributed by atoms with Crippen LogP contribution in [0.2, 0.25) is 5.02 Å². The molecule has 128 valence electrons. The molecule has 0 aliphatic carbocycles. The van der Waals surface area contributed by atoms with Crippen molar-refractivity contribution in [3.8, 4) is 0 Å². The van der Waals surface area contributed by atoms with E-state index in [-0.39, 0.29) is 5.91 Å². The van der Waals surface area contributed by atoms with E-state index in [9.17, 15) is 4.79 Å². The second kappa shape index (κ2) is 9.11. The molecule has 0 spiro atoms. The van der Waals surface area contributed by atoms with Crippen LogP contribution < -0.4 is 4.90 Å². The summed E-state index contributed by atoms with van der Waals surface area (Å²) >= 11 is 7.58. The fourth-order valence-corrected chi connectivity index (χ4v) is 3.44. The summed E-state index contributed by atoms with van der Waals surface area (Å²) in [4.78, 5) is 18.6. The minimum absolute atomic E-state index is 0.0999. The van der Waals surface area contributed by atoms with Crippen LogP contribution in [0, 0.1) is 0 Å². The molecule has 0 unspecified atom stereocenters. The van der Waals surface area contributed by atoms with Gasteiger partial charge in [-0.15, -0.1) is 0 Å². The van der Waals surface area contributed by atoms with Crippen molar-refractivity contribution in [1.82, 2.24) is 4.90 Å². The van der Waals surface area contributed by atoms with Crippen LogP contribution in [-0.2, 0) is 4.79 Å². The van der Waals surface area contributed by atoms with Gasteiger partial charge in [-0.1, -0.05) is 49.3 Å². The molecule has 0 saturated carbocycles. The maximum Gasteiger partial charge on any atom is 0.240 e. The highest BCUT2D eigenvalue weighted by Gasteiger charge is 2.17. The molecular formula is C19H23ClN2OS. The van der Waals surface area contributed by atoms with E-state index in [4.69, 9.17) is 11.6 Å². The Bertz CT molecular complexity index is 671. The van der Waals surface area contributed by atoms with Gasteiger partial charge >= 0.3 is 0 Å². The number of carbonyl (C=O) groups is 1. The van der Waals surface area contributed by atoms with Crippen molar-refractivity contribution in [3.63, 3.8) is 0 Å².